The van der Waals surface area contributed by atoms with E-state index in [1.165, 1.54) is 12.1 Å². The van der Waals surface area contributed by atoms with Crippen LogP contribution in [0.4, 0.5) is 4.39 Å². The standard InChI is InChI=1S/C12H13ClFN3/c1-2-15-6-9-5-11(14)3-4-12(9)17-8-10(13)7-16-17/h3-5,7-8,15H,2,6H2,1H3. The van der Waals surface area contributed by atoms with Crippen LogP contribution in [0.3, 0.4) is 0 Å². The van der Waals surface area contributed by atoms with Crippen molar-refractivity contribution in [2.24, 2.45) is 0 Å². The maximum Gasteiger partial charge on any atom is 0.123 e. The maximum absolute atomic E-state index is 13.2. The molecule has 2 rings (SSSR count). The Kier molecular flexibility index (Phi) is 3.76. The number of halogens is 2. The zero-order valence-corrected chi connectivity index (χ0v) is 10.2. The van der Waals surface area contributed by atoms with E-state index < -0.39 is 0 Å². The predicted octanol–water partition coefficient (Wildman–Crippen LogP) is 2.77. The Morgan fingerprint density at radius 1 is 1.47 bits per heavy atom. The third-order valence-electron chi connectivity index (χ3n) is 2.40. The number of hydrogen-bond donors (Lipinski definition) is 1. The number of benzene rings is 1. The fourth-order valence-corrected chi connectivity index (χ4v) is 1.75. The fraction of sp³-hybridized carbons (Fsp3) is 0.250. The molecule has 1 heterocycles. The molecule has 3 nitrogen and oxygen atoms in total. The number of hydrogen-bond acceptors (Lipinski definition) is 2. The summed E-state index contributed by atoms with van der Waals surface area (Å²) in [6, 6.07) is 4.62. The fourth-order valence-electron chi connectivity index (χ4n) is 1.61. The lowest BCUT2D eigenvalue weighted by Gasteiger charge is -2.10. The quantitative estimate of drug-likeness (QED) is 0.908. The van der Waals surface area contributed by atoms with E-state index in [9.17, 15) is 4.39 Å². The molecule has 0 bridgehead atoms. The normalized spacial score (nSPS) is 10.8. The molecule has 2 aromatic rings. The highest BCUT2D eigenvalue weighted by molar-refractivity contribution is 6.30. The van der Waals surface area contributed by atoms with Crippen LogP contribution in [-0.2, 0) is 6.54 Å². The second kappa shape index (κ2) is 5.29. The van der Waals surface area contributed by atoms with Gasteiger partial charge in [-0.2, -0.15) is 5.10 Å². The summed E-state index contributed by atoms with van der Waals surface area (Å²) < 4.78 is 14.9. The van der Waals surface area contributed by atoms with E-state index in [4.69, 9.17) is 11.6 Å². The largest absolute Gasteiger partial charge is 0.313 e. The van der Waals surface area contributed by atoms with Gasteiger partial charge in [0, 0.05) is 12.7 Å². The molecule has 0 radical (unpaired) electrons. The Morgan fingerprint density at radius 3 is 2.94 bits per heavy atom. The van der Waals surface area contributed by atoms with Crippen molar-refractivity contribution in [2.45, 2.75) is 13.5 Å². The zero-order chi connectivity index (χ0) is 12.3. The topological polar surface area (TPSA) is 29.9 Å². The second-order valence-electron chi connectivity index (χ2n) is 3.66. The van der Waals surface area contributed by atoms with Gasteiger partial charge in [0.1, 0.15) is 5.82 Å². The first-order valence-electron chi connectivity index (χ1n) is 5.40. The van der Waals surface area contributed by atoms with Crippen LogP contribution in [0.15, 0.2) is 30.6 Å². The minimum absolute atomic E-state index is 0.250. The lowest BCUT2D eigenvalue weighted by Crippen LogP contribution is -2.14. The monoisotopic (exact) mass is 253 g/mol. The first-order chi connectivity index (χ1) is 8.20. The predicted molar refractivity (Wildman–Crippen MR) is 65.9 cm³/mol. The van der Waals surface area contributed by atoms with Gasteiger partial charge in [-0.3, -0.25) is 0 Å². The molecule has 17 heavy (non-hydrogen) atoms. The minimum atomic E-state index is -0.250. The zero-order valence-electron chi connectivity index (χ0n) is 9.45. The van der Waals surface area contributed by atoms with E-state index in [1.807, 2.05) is 6.92 Å². The highest BCUT2D eigenvalue weighted by Crippen LogP contribution is 2.17. The van der Waals surface area contributed by atoms with Crippen molar-refractivity contribution >= 4 is 11.6 Å². The van der Waals surface area contributed by atoms with Crippen molar-refractivity contribution in [3.05, 3.63) is 47.0 Å². The van der Waals surface area contributed by atoms with Crippen LogP contribution in [-0.4, -0.2) is 16.3 Å². The van der Waals surface area contributed by atoms with Gasteiger partial charge in [-0.05, 0) is 30.3 Å². The molecule has 1 aromatic heterocycles. The lowest BCUT2D eigenvalue weighted by atomic mass is 10.1. The summed E-state index contributed by atoms with van der Waals surface area (Å²) in [4.78, 5) is 0. The van der Waals surface area contributed by atoms with Crippen molar-refractivity contribution in [3.63, 3.8) is 0 Å². The SMILES string of the molecule is CCNCc1cc(F)ccc1-n1cc(Cl)cn1. The molecule has 0 amide bonds. The van der Waals surface area contributed by atoms with Crippen molar-refractivity contribution in [1.82, 2.24) is 15.1 Å². The van der Waals surface area contributed by atoms with Crippen LogP contribution in [0.2, 0.25) is 5.02 Å². The number of aromatic nitrogens is 2. The molecule has 5 heteroatoms. The first kappa shape index (κ1) is 12.1. The molecule has 0 unspecified atom stereocenters. The van der Waals surface area contributed by atoms with Crippen molar-refractivity contribution < 1.29 is 4.39 Å². The van der Waals surface area contributed by atoms with Gasteiger partial charge in [-0.25, -0.2) is 9.07 Å². The van der Waals surface area contributed by atoms with Gasteiger partial charge in [0.25, 0.3) is 0 Å². The summed E-state index contributed by atoms with van der Waals surface area (Å²) in [5.74, 6) is -0.250. The summed E-state index contributed by atoms with van der Waals surface area (Å²) >= 11 is 5.83. The van der Waals surface area contributed by atoms with Crippen molar-refractivity contribution in [1.29, 1.82) is 0 Å². The molecular formula is C12H13ClFN3. The van der Waals surface area contributed by atoms with E-state index in [2.05, 4.69) is 10.4 Å². The summed E-state index contributed by atoms with van der Waals surface area (Å²) in [5, 5.41) is 7.85. The van der Waals surface area contributed by atoms with Gasteiger partial charge < -0.3 is 5.32 Å². The Hall–Kier alpha value is -1.39. The summed E-state index contributed by atoms with van der Waals surface area (Å²) in [6.07, 6.45) is 3.26. The van der Waals surface area contributed by atoms with Crippen LogP contribution in [0.5, 0.6) is 0 Å². The molecule has 0 fully saturated rings. The van der Waals surface area contributed by atoms with Crippen molar-refractivity contribution in [2.75, 3.05) is 6.54 Å². The Labute approximate surface area is 104 Å². The van der Waals surface area contributed by atoms with Crippen LogP contribution in [0, 0.1) is 5.82 Å². The molecule has 1 aromatic carbocycles. The summed E-state index contributed by atoms with van der Waals surface area (Å²) in [6.45, 7) is 3.43. The van der Waals surface area contributed by atoms with Crippen LogP contribution >= 0.6 is 11.6 Å². The minimum Gasteiger partial charge on any atom is -0.313 e. The molecule has 90 valence electrons. The van der Waals surface area contributed by atoms with E-state index in [-0.39, 0.29) is 5.82 Å². The first-order valence-corrected chi connectivity index (χ1v) is 5.78. The average molecular weight is 254 g/mol. The molecule has 0 saturated heterocycles. The summed E-state index contributed by atoms with van der Waals surface area (Å²) in [5.41, 5.74) is 1.69. The van der Waals surface area contributed by atoms with E-state index in [1.54, 1.807) is 23.1 Å². The van der Waals surface area contributed by atoms with Gasteiger partial charge in [0.05, 0.1) is 16.9 Å². The Bertz CT molecular complexity index is 510. The van der Waals surface area contributed by atoms with Gasteiger partial charge >= 0.3 is 0 Å². The van der Waals surface area contributed by atoms with E-state index >= 15 is 0 Å². The number of rotatable bonds is 4. The van der Waals surface area contributed by atoms with Gasteiger partial charge in [0.2, 0.25) is 0 Å². The van der Waals surface area contributed by atoms with Crippen LogP contribution < -0.4 is 5.32 Å². The van der Waals surface area contributed by atoms with E-state index in [0.717, 1.165) is 17.8 Å². The van der Waals surface area contributed by atoms with Crippen LogP contribution in [0.1, 0.15) is 12.5 Å². The maximum atomic E-state index is 13.2. The molecule has 0 aliphatic carbocycles. The highest BCUT2D eigenvalue weighted by atomic mass is 35.5. The van der Waals surface area contributed by atoms with E-state index in [0.29, 0.717) is 11.6 Å². The highest BCUT2D eigenvalue weighted by Gasteiger charge is 2.07. The third-order valence-corrected chi connectivity index (χ3v) is 2.60. The smallest absolute Gasteiger partial charge is 0.123 e. The molecule has 0 atom stereocenters. The second-order valence-corrected chi connectivity index (χ2v) is 4.09. The van der Waals surface area contributed by atoms with Crippen molar-refractivity contribution in [3.8, 4) is 5.69 Å². The molecule has 0 saturated carbocycles. The Balaban J connectivity index is 2.38. The lowest BCUT2D eigenvalue weighted by molar-refractivity contribution is 0.620. The third kappa shape index (κ3) is 2.84. The van der Waals surface area contributed by atoms with Gasteiger partial charge in [-0.1, -0.05) is 18.5 Å². The number of nitrogens with one attached hydrogen (secondary N) is 1. The van der Waals surface area contributed by atoms with Gasteiger partial charge in [-0.15, -0.1) is 0 Å². The molecule has 1 N–H and O–H groups in total. The van der Waals surface area contributed by atoms with Gasteiger partial charge in [0.15, 0.2) is 0 Å². The molecular weight excluding hydrogens is 241 g/mol. The average Bonchev–Trinajstić information content (AvgIpc) is 2.73. The number of nitrogens with zero attached hydrogens (tertiary/aromatic N) is 2. The summed E-state index contributed by atoms with van der Waals surface area (Å²) in [7, 11) is 0. The Morgan fingerprint density at radius 2 is 2.29 bits per heavy atom. The molecule has 0 aliphatic heterocycles. The molecule has 0 spiro atoms. The molecule has 0 aliphatic rings. The van der Waals surface area contributed by atoms with Crippen LogP contribution in [0.25, 0.3) is 5.69 Å².